The highest BCUT2D eigenvalue weighted by molar-refractivity contribution is 7.28. The fourth-order valence-corrected chi connectivity index (χ4v) is 7.73. The van der Waals surface area contributed by atoms with Gasteiger partial charge < -0.3 is 9.13 Å². The molecular weight excluding hydrogens is 404 g/mol. The summed E-state index contributed by atoms with van der Waals surface area (Å²) in [5, 5.41) is 5.50. The molecule has 146 valence electrons. The van der Waals surface area contributed by atoms with Crippen LogP contribution in [-0.2, 0) is 14.1 Å². The second kappa shape index (κ2) is 5.45. The number of thiophene rings is 2. The van der Waals surface area contributed by atoms with Crippen LogP contribution >= 0.6 is 22.7 Å². The monoisotopic (exact) mass is 424 g/mol. The first kappa shape index (κ1) is 16.9. The van der Waals surface area contributed by atoms with Gasteiger partial charge in [0.2, 0.25) is 0 Å². The topological polar surface area (TPSA) is 9.86 Å². The van der Waals surface area contributed by atoms with E-state index in [-0.39, 0.29) is 0 Å². The first-order chi connectivity index (χ1) is 14.5. The van der Waals surface area contributed by atoms with Gasteiger partial charge in [-0.1, -0.05) is 24.3 Å². The lowest BCUT2D eigenvalue weighted by atomic mass is 10.1. The van der Waals surface area contributed by atoms with Crippen LogP contribution in [0.15, 0.2) is 48.5 Å². The number of aryl methyl sites for hydroxylation is 4. The average Bonchev–Trinajstić information content (AvgIpc) is 3.41. The Labute approximate surface area is 181 Å². The zero-order chi connectivity index (χ0) is 20.3. The normalized spacial score (nSPS) is 12.7. The maximum absolute atomic E-state index is 2.43. The molecule has 2 nitrogen and oxygen atoms in total. The highest BCUT2D eigenvalue weighted by Crippen LogP contribution is 2.46. The van der Waals surface area contributed by atoms with Gasteiger partial charge in [-0.2, -0.15) is 0 Å². The summed E-state index contributed by atoms with van der Waals surface area (Å²) in [7, 11) is 4.42. The third-order valence-electron chi connectivity index (χ3n) is 6.64. The van der Waals surface area contributed by atoms with Crippen LogP contribution in [0.3, 0.4) is 0 Å². The van der Waals surface area contributed by atoms with Gasteiger partial charge in [0.1, 0.15) is 0 Å². The quantitative estimate of drug-likeness (QED) is 0.233. The molecule has 7 aromatic rings. The largest absolute Gasteiger partial charge is 0.342 e. The van der Waals surface area contributed by atoms with Crippen molar-refractivity contribution in [2.45, 2.75) is 13.8 Å². The van der Waals surface area contributed by atoms with Gasteiger partial charge in [-0.05, 0) is 49.2 Å². The van der Waals surface area contributed by atoms with Crippen LogP contribution in [0.2, 0.25) is 0 Å². The molecule has 0 bridgehead atoms. The molecule has 0 spiro atoms. The summed E-state index contributed by atoms with van der Waals surface area (Å²) >= 11 is 3.87. The molecule has 0 amide bonds. The Balaban J connectivity index is 1.65. The second-order valence-electron chi connectivity index (χ2n) is 8.56. The number of hydrogen-bond donors (Lipinski definition) is 0. The van der Waals surface area contributed by atoms with Crippen LogP contribution in [0.1, 0.15) is 11.1 Å². The van der Waals surface area contributed by atoms with Crippen molar-refractivity contribution in [3.05, 3.63) is 59.7 Å². The molecule has 4 heterocycles. The predicted octanol–water partition coefficient (Wildman–Crippen LogP) is 8.02. The Kier molecular flexibility index (Phi) is 3.07. The summed E-state index contributed by atoms with van der Waals surface area (Å²) < 4.78 is 10.3. The van der Waals surface area contributed by atoms with E-state index in [1.165, 1.54) is 73.5 Å². The highest BCUT2D eigenvalue weighted by Gasteiger charge is 2.19. The molecule has 30 heavy (non-hydrogen) atoms. The summed E-state index contributed by atoms with van der Waals surface area (Å²) in [5.41, 5.74) is 8.03. The van der Waals surface area contributed by atoms with Crippen LogP contribution in [0.4, 0.5) is 0 Å². The van der Waals surface area contributed by atoms with Gasteiger partial charge in [-0.3, -0.25) is 0 Å². The van der Waals surface area contributed by atoms with Gasteiger partial charge in [0, 0.05) is 56.1 Å². The Bertz CT molecular complexity index is 1700. The Morgan fingerprint density at radius 1 is 0.567 bits per heavy atom. The molecular formula is C26H20N2S2. The zero-order valence-corrected chi connectivity index (χ0v) is 19.0. The van der Waals surface area contributed by atoms with Gasteiger partial charge >= 0.3 is 0 Å². The van der Waals surface area contributed by atoms with E-state index >= 15 is 0 Å². The fourth-order valence-electron chi connectivity index (χ4n) is 5.15. The van der Waals surface area contributed by atoms with E-state index in [0.717, 1.165) is 0 Å². The predicted molar refractivity (Wildman–Crippen MR) is 135 cm³/mol. The van der Waals surface area contributed by atoms with Crippen molar-refractivity contribution in [3.8, 4) is 0 Å². The van der Waals surface area contributed by atoms with Crippen molar-refractivity contribution in [1.82, 2.24) is 9.13 Å². The van der Waals surface area contributed by atoms with Crippen LogP contribution in [0.5, 0.6) is 0 Å². The third kappa shape index (κ3) is 1.94. The first-order valence-electron chi connectivity index (χ1n) is 10.2. The minimum absolute atomic E-state index is 1.31. The molecule has 7 rings (SSSR count). The SMILES string of the molecule is Cc1ccc2c3sc4cc5c(cc4c3n(C)c2c1)sc1c2ccc(C)cc2n(C)c51. The van der Waals surface area contributed by atoms with Crippen LogP contribution < -0.4 is 0 Å². The molecule has 4 heteroatoms. The zero-order valence-electron chi connectivity index (χ0n) is 17.3. The number of fused-ring (bicyclic) bond motifs is 10. The van der Waals surface area contributed by atoms with E-state index in [9.17, 15) is 0 Å². The molecule has 0 fully saturated rings. The lowest BCUT2D eigenvalue weighted by molar-refractivity contribution is 1.02. The number of hydrogen-bond acceptors (Lipinski definition) is 2. The molecule has 3 aromatic carbocycles. The molecule has 0 atom stereocenters. The molecule has 0 N–H and O–H groups in total. The van der Waals surface area contributed by atoms with E-state index in [1.807, 2.05) is 22.7 Å². The van der Waals surface area contributed by atoms with E-state index in [4.69, 9.17) is 0 Å². The smallest absolute Gasteiger partial charge is 0.0678 e. The lowest BCUT2D eigenvalue weighted by Crippen LogP contribution is -1.88. The van der Waals surface area contributed by atoms with E-state index in [0.29, 0.717) is 0 Å². The molecule has 0 saturated carbocycles. The standard InChI is InChI=1S/C26H20N2S2/c1-13-5-7-15-19(9-13)27(3)23-17-11-22-18(12-21(17)29-25(15)23)24-26(30-22)16-8-6-14(2)10-20(16)28(24)4/h5-12H,1-4H3. The Morgan fingerprint density at radius 2 is 1.00 bits per heavy atom. The number of aromatic nitrogens is 2. The minimum atomic E-state index is 1.31. The van der Waals surface area contributed by atoms with Crippen LogP contribution in [0, 0.1) is 13.8 Å². The first-order valence-corrected chi connectivity index (χ1v) is 11.9. The van der Waals surface area contributed by atoms with Crippen molar-refractivity contribution in [2.24, 2.45) is 14.1 Å². The number of rotatable bonds is 0. The van der Waals surface area contributed by atoms with Crippen molar-refractivity contribution in [3.63, 3.8) is 0 Å². The van der Waals surface area contributed by atoms with Gasteiger partial charge in [-0.15, -0.1) is 22.7 Å². The molecule has 0 aliphatic rings. The van der Waals surface area contributed by atoms with E-state index in [2.05, 4.69) is 85.6 Å². The molecule has 4 aromatic heterocycles. The van der Waals surface area contributed by atoms with Crippen molar-refractivity contribution >= 4 is 85.1 Å². The van der Waals surface area contributed by atoms with E-state index in [1.54, 1.807) is 0 Å². The van der Waals surface area contributed by atoms with Gasteiger partial charge in [0.15, 0.2) is 0 Å². The highest BCUT2D eigenvalue weighted by atomic mass is 32.1. The van der Waals surface area contributed by atoms with Crippen molar-refractivity contribution < 1.29 is 0 Å². The van der Waals surface area contributed by atoms with Gasteiger partial charge in [0.25, 0.3) is 0 Å². The Hall–Kier alpha value is -2.82. The summed E-state index contributed by atoms with van der Waals surface area (Å²) in [4.78, 5) is 0. The lowest BCUT2D eigenvalue weighted by Gasteiger charge is -2.02. The summed E-state index contributed by atoms with van der Waals surface area (Å²) in [5.74, 6) is 0. The summed E-state index contributed by atoms with van der Waals surface area (Å²) in [6.45, 7) is 4.34. The van der Waals surface area contributed by atoms with Crippen molar-refractivity contribution in [2.75, 3.05) is 0 Å². The third-order valence-corrected chi connectivity index (χ3v) is 8.99. The van der Waals surface area contributed by atoms with Crippen molar-refractivity contribution in [1.29, 1.82) is 0 Å². The number of benzene rings is 3. The van der Waals surface area contributed by atoms with E-state index < -0.39 is 0 Å². The fraction of sp³-hybridized carbons (Fsp3) is 0.154. The second-order valence-corrected chi connectivity index (χ2v) is 10.7. The maximum atomic E-state index is 2.43. The van der Waals surface area contributed by atoms with Gasteiger partial charge in [0.05, 0.1) is 20.4 Å². The molecule has 0 radical (unpaired) electrons. The molecule has 0 aliphatic carbocycles. The molecule has 0 aliphatic heterocycles. The van der Waals surface area contributed by atoms with Gasteiger partial charge in [-0.25, -0.2) is 0 Å². The van der Waals surface area contributed by atoms with Crippen LogP contribution in [-0.4, -0.2) is 9.13 Å². The van der Waals surface area contributed by atoms with Crippen LogP contribution in [0.25, 0.3) is 62.4 Å². The summed E-state index contributed by atoms with van der Waals surface area (Å²) in [6, 6.07) is 18.5. The molecule has 0 saturated heterocycles. The molecule has 0 unspecified atom stereocenters. The minimum Gasteiger partial charge on any atom is -0.342 e. The average molecular weight is 425 g/mol. The summed E-state index contributed by atoms with van der Waals surface area (Å²) in [6.07, 6.45) is 0. The number of nitrogens with zero attached hydrogens (tertiary/aromatic N) is 2. The maximum Gasteiger partial charge on any atom is 0.0678 e. The Morgan fingerprint density at radius 3 is 1.43 bits per heavy atom.